The molecule has 2 unspecified atom stereocenters. The molecule has 2 atom stereocenters. The molecule has 0 saturated heterocycles. The largest absolute Gasteiger partial charge is 0.444 e. The summed E-state index contributed by atoms with van der Waals surface area (Å²) >= 11 is 1.59. The van der Waals surface area contributed by atoms with Crippen molar-refractivity contribution in [2.24, 2.45) is 0 Å². The van der Waals surface area contributed by atoms with Crippen LogP contribution in [0.1, 0.15) is 74.4 Å². The average Bonchev–Trinajstić information content (AvgIpc) is 2.81. The van der Waals surface area contributed by atoms with Crippen LogP contribution < -0.4 is 10.6 Å². The second-order valence-corrected chi connectivity index (χ2v) is 12.1. The summed E-state index contributed by atoms with van der Waals surface area (Å²) in [6, 6.07) is 10.1. The van der Waals surface area contributed by atoms with E-state index in [4.69, 9.17) is 4.74 Å². The van der Waals surface area contributed by atoms with Crippen LogP contribution in [0.25, 0.3) is 0 Å². The van der Waals surface area contributed by atoms with E-state index in [1.54, 1.807) is 37.4 Å². The molecule has 0 bridgehead atoms. The molecule has 0 aliphatic rings. The summed E-state index contributed by atoms with van der Waals surface area (Å²) < 4.78 is 5.46. The van der Waals surface area contributed by atoms with Gasteiger partial charge < -0.3 is 20.3 Å². The molecule has 2 aromatic carbocycles. The van der Waals surface area contributed by atoms with Crippen molar-refractivity contribution in [2.75, 3.05) is 23.9 Å². The summed E-state index contributed by atoms with van der Waals surface area (Å²) in [5.41, 5.74) is 4.67. The molecule has 0 aromatic heterocycles. The number of hydrogen-bond donors (Lipinski definition) is 2. The number of carbonyl (C=O) groups excluding carboxylic acids is 3. The van der Waals surface area contributed by atoms with Gasteiger partial charge in [0.05, 0.1) is 0 Å². The lowest BCUT2D eigenvalue weighted by Gasteiger charge is -2.35. The number of nitrogens with zero attached hydrogens (tertiary/aromatic N) is 1. The topological polar surface area (TPSA) is 87.7 Å². The normalized spacial score (nSPS) is 12.8. The van der Waals surface area contributed by atoms with Crippen LogP contribution in [0.3, 0.4) is 0 Å². The van der Waals surface area contributed by atoms with E-state index in [2.05, 4.69) is 10.6 Å². The lowest BCUT2D eigenvalue weighted by molar-refractivity contribution is -0.140. The van der Waals surface area contributed by atoms with Gasteiger partial charge in [-0.15, -0.1) is 0 Å². The van der Waals surface area contributed by atoms with E-state index in [9.17, 15) is 14.4 Å². The van der Waals surface area contributed by atoms with Gasteiger partial charge in [-0.1, -0.05) is 54.4 Å². The van der Waals surface area contributed by atoms with Gasteiger partial charge in [-0.2, -0.15) is 11.8 Å². The van der Waals surface area contributed by atoms with E-state index in [0.717, 1.165) is 33.5 Å². The monoisotopic (exact) mass is 555 g/mol. The van der Waals surface area contributed by atoms with Crippen molar-refractivity contribution in [2.45, 2.75) is 85.9 Å². The number of aryl methyl sites for hydroxylation is 4. The van der Waals surface area contributed by atoms with Gasteiger partial charge >= 0.3 is 6.09 Å². The molecule has 8 heteroatoms. The van der Waals surface area contributed by atoms with Gasteiger partial charge in [0.2, 0.25) is 5.91 Å². The highest BCUT2D eigenvalue weighted by Gasteiger charge is 2.36. The van der Waals surface area contributed by atoms with Crippen molar-refractivity contribution in [3.05, 3.63) is 64.2 Å². The first-order chi connectivity index (χ1) is 18.3. The third-order valence-corrected chi connectivity index (χ3v) is 6.84. The van der Waals surface area contributed by atoms with Crippen LogP contribution in [0.5, 0.6) is 0 Å². The average molecular weight is 556 g/mol. The fraction of sp³-hybridized carbons (Fsp3) is 0.516. The van der Waals surface area contributed by atoms with Crippen LogP contribution in [0, 0.1) is 27.7 Å². The number of alkyl carbamates (subject to hydrolysis) is 1. The fourth-order valence-corrected chi connectivity index (χ4v) is 5.07. The van der Waals surface area contributed by atoms with E-state index in [1.807, 2.05) is 77.3 Å². The summed E-state index contributed by atoms with van der Waals surface area (Å²) in [4.78, 5) is 42.6. The standard InChI is InChI=1S/C31H45N3O4S/c1-10-15-34(29(36)25(14-16-39-9)32-30(37)38-31(6,7)8)27(24-18-20(2)17-21(3)19-24)28(35)33-26-22(4)12-11-13-23(26)5/h11-13,17-19,25,27H,10,14-16H2,1-9H3,(H,32,37)(H,33,35). The van der Waals surface area contributed by atoms with Gasteiger partial charge in [-0.25, -0.2) is 4.79 Å². The van der Waals surface area contributed by atoms with Crippen molar-refractivity contribution >= 4 is 35.4 Å². The summed E-state index contributed by atoms with van der Waals surface area (Å²) in [5, 5.41) is 5.90. The van der Waals surface area contributed by atoms with E-state index in [1.165, 1.54) is 0 Å². The van der Waals surface area contributed by atoms with Crippen LogP contribution in [0.15, 0.2) is 36.4 Å². The highest BCUT2D eigenvalue weighted by molar-refractivity contribution is 7.98. The molecule has 0 fully saturated rings. The molecule has 3 amide bonds. The predicted molar refractivity (Wildman–Crippen MR) is 161 cm³/mol. The number of nitrogens with one attached hydrogen (secondary N) is 2. The number of benzene rings is 2. The maximum absolute atomic E-state index is 14.2. The molecule has 0 aliphatic carbocycles. The maximum Gasteiger partial charge on any atom is 0.408 e. The van der Waals surface area contributed by atoms with Gasteiger partial charge in [0.15, 0.2) is 0 Å². The number of para-hydroxylation sites is 1. The molecule has 0 spiro atoms. The van der Waals surface area contributed by atoms with E-state index in [0.29, 0.717) is 25.1 Å². The van der Waals surface area contributed by atoms with E-state index in [-0.39, 0.29) is 11.8 Å². The molecular weight excluding hydrogens is 510 g/mol. The Balaban J connectivity index is 2.57. The second-order valence-electron chi connectivity index (χ2n) is 11.1. The summed E-state index contributed by atoms with van der Waals surface area (Å²) in [6.45, 7) is 15.5. The zero-order valence-electron chi connectivity index (χ0n) is 24.9. The van der Waals surface area contributed by atoms with Crippen molar-refractivity contribution in [1.82, 2.24) is 10.2 Å². The highest BCUT2D eigenvalue weighted by atomic mass is 32.2. The Morgan fingerprint density at radius 1 is 1.00 bits per heavy atom. The van der Waals surface area contributed by atoms with E-state index >= 15 is 0 Å². The molecule has 2 N–H and O–H groups in total. The summed E-state index contributed by atoms with van der Waals surface area (Å²) in [5.74, 6) is 0.0623. The minimum atomic E-state index is -0.882. The molecule has 0 aliphatic heterocycles. The van der Waals surface area contributed by atoms with Crippen LogP contribution >= 0.6 is 11.8 Å². The second kappa shape index (κ2) is 14.4. The number of amides is 3. The number of rotatable bonds is 11. The quantitative estimate of drug-likeness (QED) is 0.331. The van der Waals surface area contributed by atoms with Crippen molar-refractivity contribution in [1.29, 1.82) is 0 Å². The van der Waals surface area contributed by atoms with Gasteiger partial charge in [0.25, 0.3) is 5.91 Å². The Bertz CT molecular complexity index is 1120. The van der Waals surface area contributed by atoms with Crippen LogP contribution in [0.4, 0.5) is 10.5 Å². The van der Waals surface area contributed by atoms with Crippen LogP contribution in [-0.4, -0.2) is 53.0 Å². The Kier molecular flexibility index (Phi) is 11.9. The summed E-state index contributed by atoms with van der Waals surface area (Å²) in [7, 11) is 0. The fourth-order valence-electron chi connectivity index (χ4n) is 4.59. The number of hydrogen-bond acceptors (Lipinski definition) is 5. The molecule has 2 rings (SSSR count). The first-order valence-electron chi connectivity index (χ1n) is 13.5. The SMILES string of the molecule is CCCN(C(=O)C(CCSC)NC(=O)OC(C)(C)C)C(C(=O)Nc1c(C)cccc1C)c1cc(C)cc(C)c1. The molecule has 0 radical (unpaired) electrons. The molecule has 214 valence electrons. The van der Waals surface area contributed by atoms with Crippen LogP contribution in [-0.2, 0) is 14.3 Å². The first kappa shape index (κ1) is 32.2. The smallest absolute Gasteiger partial charge is 0.408 e. The number of carbonyl (C=O) groups is 3. The first-order valence-corrected chi connectivity index (χ1v) is 14.9. The lowest BCUT2D eigenvalue weighted by Crippen LogP contribution is -2.52. The Morgan fingerprint density at radius 3 is 2.10 bits per heavy atom. The third kappa shape index (κ3) is 9.60. The minimum Gasteiger partial charge on any atom is -0.444 e. The zero-order valence-corrected chi connectivity index (χ0v) is 25.8. The Labute approximate surface area is 238 Å². The Hall–Kier alpha value is -3.00. The maximum atomic E-state index is 14.2. The molecular formula is C31H45N3O4S. The molecule has 39 heavy (non-hydrogen) atoms. The number of thioether (sulfide) groups is 1. The minimum absolute atomic E-state index is 0.292. The van der Waals surface area contributed by atoms with Gasteiger partial charge in [0, 0.05) is 12.2 Å². The van der Waals surface area contributed by atoms with Gasteiger partial charge in [-0.3, -0.25) is 9.59 Å². The zero-order chi connectivity index (χ0) is 29.3. The van der Waals surface area contributed by atoms with Gasteiger partial charge in [-0.05, 0) is 90.0 Å². The highest BCUT2D eigenvalue weighted by Crippen LogP contribution is 2.29. The van der Waals surface area contributed by atoms with Crippen molar-refractivity contribution < 1.29 is 19.1 Å². The van der Waals surface area contributed by atoms with Crippen molar-refractivity contribution in [3.8, 4) is 0 Å². The van der Waals surface area contributed by atoms with Gasteiger partial charge in [0.1, 0.15) is 17.7 Å². The third-order valence-electron chi connectivity index (χ3n) is 6.20. The number of anilines is 1. The lowest BCUT2D eigenvalue weighted by atomic mass is 9.97. The Morgan fingerprint density at radius 2 is 1.59 bits per heavy atom. The summed E-state index contributed by atoms with van der Waals surface area (Å²) in [6.07, 6.45) is 2.36. The molecule has 2 aromatic rings. The molecule has 0 saturated carbocycles. The molecule has 7 nitrogen and oxygen atoms in total. The van der Waals surface area contributed by atoms with Crippen LogP contribution in [0.2, 0.25) is 0 Å². The molecule has 0 heterocycles. The predicted octanol–water partition coefficient (Wildman–Crippen LogP) is 6.49. The number of ether oxygens (including phenoxy) is 1. The van der Waals surface area contributed by atoms with Crippen molar-refractivity contribution in [3.63, 3.8) is 0 Å². The van der Waals surface area contributed by atoms with E-state index < -0.39 is 23.8 Å².